The number of carbonyl (C=O) groups is 1. The molecule has 2 rings (SSSR count). The molecular weight excluding hydrogens is 244 g/mol. The molecule has 0 radical (unpaired) electrons. The second-order valence-corrected chi connectivity index (χ2v) is 4.80. The predicted octanol–water partition coefficient (Wildman–Crippen LogP) is 0.990. The van der Waals surface area contributed by atoms with Gasteiger partial charge in [-0.2, -0.15) is 0 Å². The average molecular weight is 264 g/mol. The number of ether oxygens (including phenoxy) is 1. The van der Waals surface area contributed by atoms with Gasteiger partial charge in [0.1, 0.15) is 0 Å². The van der Waals surface area contributed by atoms with E-state index in [9.17, 15) is 4.79 Å². The SMILES string of the molecule is NCC1(C(=O)NOCc2ccccc2)CCOCC1. The molecule has 0 aromatic heterocycles. The van der Waals surface area contributed by atoms with Gasteiger partial charge in [-0.05, 0) is 18.4 Å². The fourth-order valence-corrected chi connectivity index (χ4v) is 2.15. The molecule has 5 heteroatoms. The number of nitrogens with two attached hydrogens (primary N) is 1. The van der Waals surface area contributed by atoms with Crippen LogP contribution >= 0.6 is 0 Å². The summed E-state index contributed by atoms with van der Waals surface area (Å²) in [7, 11) is 0. The number of hydrogen-bond donors (Lipinski definition) is 2. The Kier molecular flexibility index (Phi) is 4.90. The first-order valence-electron chi connectivity index (χ1n) is 6.51. The van der Waals surface area contributed by atoms with E-state index < -0.39 is 5.41 Å². The van der Waals surface area contributed by atoms with Crippen LogP contribution in [0.4, 0.5) is 0 Å². The van der Waals surface area contributed by atoms with Crippen molar-refractivity contribution in [3.63, 3.8) is 0 Å². The summed E-state index contributed by atoms with van der Waals surface area (Å²) in [5, 5.41) is 0. The number of amides is 1. The van der Waals surface area contributed by atoms with Gasteiger partial charge in [0.05, 0.1) is 12.0 Å². The van der Waals surface area contributed by atoms with Crippen molar-refractivity contribution < 1.29 is 14.4 Å². The van der Waals surface area contributed by atoms with E-state index in [0.29, 0.717) is 39.2 Å². The normalized spacial score (nSPS) is 17.9. The molecule has 0 atom stereocenters. The van der Waals surface area contributed by atoms with Crippen LogP contribution in [0.3, 0.4) is 0 Å². The fraction of sp³-hybridized carbons (Fsp3) is 0.500. The van der Waals surface area contributed by atoms with Gasteiger partial charge in [0.25, 0.3) is 5.91 Å². The van der Waals surface area contributed by atoms with E-state index in [1.54, 1.807) is 0 Å². The molecule has 0 spiro atoms. The van der Waals surface area contributed by atoms with Crippen molar-refractivity contribution in [1.82, 2.24) is 5.48 Å². The maximum absolute atomic E-state index is 12.2. The maximum atomic E-state index is 12.2. The summed E-state index contributed by atoms with van der Waals surface area (Å²) in [5.74, 6) is -0.144. The van der Waals surface area contributed by atoms with Gasteiger partial charge in [-0.25, -0.2) is 5.48 Å². The quantitative estimate of drug-likeness (QED) is 0.778. The van der Waals surface area contributed by atoms with Crippen LogP contribution in [0, 0.1) is 5.41 Å². The molecule has 3 N–H and O–H groups in total. The van der Waals surface area contributed by atoms with Crippen LogP contribution in [-0.2, 0) is 21.0 Å². The minimum absolute atomic E-state index is 0.144. The summed E-state index contributed by atoms with van der Waals surface area (Å²) in [6.07, 6.45) is 1.29. The first kappa shape index (κ1) is 14.0. The summed E-state index contributed by atoms with van der Waals surface area (Å²) in [6, 6.07) is 9.69. The highest BCUT2D eigenvalue weighted by Crippen LogP contribution is 2.29. The maximum Gasteiger partial charge on any atom is 0.251 e. The lowest BCUT2D eigenvalue weighted by Gasteiger charge is -2.34. The molecule has 0 bridgehead atoms. The topological polar surface area (TPSA) is 73.6 Å². The molecule has 0 unspecified atom stereocenters. The second kappa shape index (κ2) is 6.65. The molecule has 1 aliphatic rings. The minimum Gasteiger partial charge on any atom is -0.381 e. The highest BCUT2D eigenvalue weighted by Gasteiger charge is 2.39. The Morgan fingerprint density at radius 1 is 1.32 bits per heavy atom. The van der Waals surface area contributed by atoms with Crippen LogP contribution in [0.15, 0.2) is 30.3 Å². The monoisotopic (exact) mass is 264 g/mol. The summed E-state index contributed by atoms with van der Waals surface area (Å²) >= 11 is 0. The average Bonchev–Trinajstić information content (AvgIpc) is 2.49. The second-order valence-electron chi connectivity index (χ2n) is 4.80. The van der Waals surface area contributed by atoms with Crippen molar-refractivity contribution in [2.45, 2.75) is 19.4 Å². The highest BCUT2D eigenvalue weighted by molar-refractivity contribution is 5.82. The van der Waals surface area contributed by atoms with E-state index in [-0.39, 0.29) is 5.91 Å². The molecular formula is C14H20N2O3. The van der Waals surface area contributed by atoms with Crippen molar-refractivity contribution in [3.05, 3.63) is 35.9 Å². The van der Waals surface area contributed by atoms with E-state index in [1.165, 1.54) is 0 Å². The zero-order valence-electron chi connectivity index (χ0n) is 10.9. The molecule has 19 heavy (non-hydrogen) atoms. The van der Waals surface area contributed by atoms with Crippen molar-refractivity contribution in [1.29, 1.82) is 0 Å². The fourth-order valence-electron chi connectivity index (χ4n) is 2.15. The number of carbonyl (C=O) groups excluding carboxylic acids is 1. The third kappa shape index (κ3) is 3.53. The van der Waals surface area contributed by atoms with Crippen molar-refractivity contribution >= 4 is 5.91 Å². The van der Waals surface area contributed by atoms with Gasteiger partial charge in [0, 0.05) is 19.8 Å². The zero-order valence-corrected chi connectivity index (χ0v) is 10.9. The van der Waals surface area contributed by atoms with Gasteiger partial charge < -0.3 is 10.5 Å². The predicted molar refractivity (Wildman–Crippen MR) is 70.9 cm³/mol. The summed E-state index contributed by atoms with van der Waals surface area (Å²) < 4.78 is 5.27. The Bertz CT molecular complexity index is 402. The Morgan fingerprint density at radius 2 is 2.00 bits per heavy atom. The molecule has 1 saturated heterocycles. The van der Waals surface area contributed by atoms with Gasteiger partial charge in [-0.3, -0.25) is 9.63 Å². The molecule has 1 aliphatic heterocycles. The van der Waals surface area contributed by atoms with Crippen molar-refractivity contribution in [2.75, 3.05) is 19.8 Å². The number of hydroxylamine groups is 1. The molecule has 0 aliphatic carbocycles. The van der Waals surface area contributed by atoms with Crippen molar-refractivity contribution in [2.24, 2.45) is 11.1 Å². The first-order chi connectivity index (χ1) is 9.27. The van der Waals surface area contributed by atoms with Crippen LogP contribution in [0.25, 0.3) is 0 Å². The largest absolute Gasteiger partial charge is 0.381 e. The minimum atomic E-state index is -0.547. The lowest BCUT2D eigenvalue weighted by molar-refractivity contribution is -0.150. The van der Waals surface area contributed by atoms with Crippen LogP contribution in [-0.4, -0.2) is 25.7 Å². The number of hydrogen-bond acceptors (Lipinski definition) is 4. The van der Waals surface area contributed by atoms with Crippen LogP contribution in [0.5, 0.6) is 0 Å². The lowest BCUT2D eigenvalue weighted by atomic mass is 9.79. The third-order valence-electron chi connectivity index (χ3n) is 3.57. The smallest absolute Gasteiger partial charge is 0.251 e. The van der Waals surface area contributed by atoms with Crippen LogP contribution < -0.4 is 11.2 Å². The Morgan fingerprint density at radius 3 is 2.63 bits per heavy atom. The Balaban J connectivity index is 1.83. The van der Waals surface area contributed by atoms with E-state index in [1.807, 2.05) is 30.3 Å². The van der Waals surface area contributed by atoms with E-state index in [4.69, 9.17) is 15.3 Å². The molecule has 5 nitrogen and oxygen atoms in total. The zero-order chi connectivity index (χ0) is 13.6. The van der Waals surface area contributed by atoms with E-state index in [2.05, 4.69) is 5.48 Å². The molecule has 1 aromatic carbocycles. The van der Waals surface area contributed by atoms with Gasteiger partial charge >= 0.3 is 0 Å². The standard InChI is InChI=1S/C14H20N2O3/c15-11-14(6-8-18-9-7-14)13(17)16-19-10-12-4-2-1-3-5-12/h1-5H,6-11,15H2,(H,16,17). The van der Waals surface area contributed by atoms with Gasteiger partial charge in [-0.1, -0.05) is 30.3 Å². The molecule has 104 valence electrons. The molecule has 1 amide bonds. The Labute approximate surface area is 113 Å². The number of rotatable bonds is 5. The van der Waals surface area contributed by atoms with Gasteiger partial charge in [-0.15, -0.1) is 0 Å². The number of nitrogens with one attached hydrogen (secondary N) is 1. The third-order valence-corrected chi connectivity index (χ3v) is 3.57. The lowest BCUT2D eigenvalue weighted by Crippen LogP contribution is -2.49. The van der Waals surface area contributed by atoms with Crippen molar-refractivity contribution in [3.8, 4) is 0 Å². The van der Waals surface area contributed by atoms with E-state index >= 15 is 0 Å². The summed E-state index contributed by atoms with van der Waals surface area (Å²) in [4.78, 5) is 17.4. The molecule has 1 aromatic rings. The summed E-state index contributed by atoms with van der Waals surface area (Å²) in [5.41, 5.74) is 8.73. The highest BCUT2D eigenvalue weighted by atomic mass is 16.6. The van der Waals surface area contributed by atoms with Gasteiger partial charge in [0.15, 0.2) is 0 Å². The van der Waals surface area contributed by atoms with E-state index in [0.717, 1.165) is 5.56 Å². The molecule has 1 heterocycles. The van der Waals surface area contributed by atoms with Crippen LogP contribution in [0.1, 0.15) is 18.4 Å². The first-order valence-corrected chi connectivity index (χ1v) is 6.51. The summed E-state index contributed by atoms with van der Waals surface area (Å²) in [6.45, 7) is 1.81. The Hall–Kier alpha value is -1.43. The van der Waals surface area contributed by atoms with Crippen LogP contribution in [0.2, 0.25) is 0 Å². The number of benzene rings is 1. The molecule has 1 fully saturated rings. The van der Waals surface area contributed by atoms with Gasteiger partial charge in [0.2, 0.25) is 0 Å². The molecule has 0 saturated carbocycles.